The Morgan fingerprint density at radius 3 is 1.07 bits per heavy atom. The number of hydrogen-bond donors (Lipinski definition) is 0. The van der Waals surface area contributed by atoms with Crippen LogP contribution in [0.1, 0.15) is 33.4 Å². The van der Waals surface area contributed by atoms with Gasteiger partial charge >= 0.3 is 0 Å². The van der Waals surface area contributed by atoms with Gasteiger partial charge in [-0.15, -0.1) is 0 Å². The molecule has 0 atom stereocenters. The maximum Gasteiger partial charge on any atom is 0.118 e. The molecule has 6 aromatic carbocycles. The van der Waals surface area contributed by atoms with Gasteiger partial charge in [0.25, 0.3) is 0 Å². The molecule has 0 amide bonds. The maximum atomic E-state index is 5.65. The zero-order valence-electron chi connectivity index (χ0n) is 24.7. The summed E-state index contributed by atoms with van der Waals surface area (Å²) in [4.78, 5) is 0. The Labute approximate surface area is 255 Å². The van der Waals surface area contributed by atoms with Crippen molar-refractivity contribution in [2.75, 3.05) is 14.2 Å². The molecule has 0 bridgehead atoms. The van der Waals surface area contributed by atoms with E-state index in [9.17, 15) is 0 Å². The lowest BCUT2D eigenvalue weighted by Gasteiger charge is -2.53. The molecule has 0 aliphatic carbocycles. The first-order chi connectivity index (χ1) is 21.2. The monoisotopic (exact) mass is 560 g/mol. The van der Waals surface area contributed by atoms with Crippen LogP contribution in [-0.4, -0.2) is 14.2 Å². The van der Waals surface area contributed by atoms with Crippen molar-refractivity contribution in [2.45, 2.75) is 17.3 Å². The molecule has 0 heterocycles. The van der Waals surface area contributed by atoms with Crippen molar-refractivity contribution in [1.29, 1.82) is 0 Å². The second-order valence-corrected chi connectivity index (χ2v) is 10.9. The fourth-order valence-electron chi connectivity index (χ4n) is 6.89. The van der Waals surface area contributed by atoms with Crippen LogP contribution in [0.25, 0.3) is 0 Å². The maximum absolute atomic E-state index is 5.65. The lowest BCUT2D eigenvalue weighted by atomic mass is 9.47. The fourth-order valence-corrected chi connectivity index (χ4v) is 6.89. The molecule has 0 spiro atoms. The molecule has 212 valence electrons. The van der Waals surface area contributed by atoms with E-state index in [1.54, 1.807) is 14.2 Å². The molecule has 0 saturated carbocycles. The van der Waals surface area contributed by atoms with Gasteiger partial charge in [-0.3, -0.25) is 0 Å². The minimum absolute atomic E-state index is 0.582. The molecule has 0 aromatic heterocycles. The summed E-state index contributed by atoms with van der Waals surface area (Å²) in [6, 6.07) is 61.2. The topological polar surface area (TPSA) is 18.5 Å². The molecule has 0 fully saturated rings. The van der Waals surface area contributed by atoms with Crippen LogP contribution in [0.2, 0.25) is 0 Å². The fraction of sp³-hybridized carbons (Fsp3) is 0.122. The van der Waals surface area contributed by atoms with Crippen molar-refractivity contribution in [3.05, 3.63) is 203 Å². The summed E-state index contributed by atoms with van der Waals surface area (Å²) < 4.78 is 11.2. The molecule has 0 radical (unpaired) electrons. The summed E-state index contributed by atoms with van der Waals surface area (Å²) in [6.07, 6.45) is 0.737. The van der Waals surface area contributed by atoms with Gasteiger partial charge < -0.3 is 9.47 Å². The van der Waals surface area contributed by atoms with Crippen molar-refractivity contribution in [3.8, 4) is 11.5 Å². The third-order valence-electron chi connectivity index (χ3n) is 8.74. The number of rotatable bonds is 10. The Hall–Kier alpha value is -5.08. The minimum atomic E-state index is -0.648. The molecular weight excluding hydrogens is 524 g/mol. The van der Waals surface area contributed by atoms with E-state index >= 15 is 0 Å². The normalized spacial score (nSPS) is 11.6. The molecule has 6 aromatic rings. The van der Waals surface area contributed by atoms with Crippen molar-refractivity contribution < 1.29 is 9.47 Å². The van der Waals surface area contributed by atoms with Crippen molar-refractivity contribution in [3.63, 3.8) is 0 Å². The van der Waals surface area contributed by atoms with Crippen LogP contribution < -0.4 is 9.47 Å². The van der Waals surface area contributed by atoms with Crippen LogP contribution in [0.3, 0.4) is 0 Å². The second-order valence-electron chi connectivity index (χ2n) is 10.9. The molecule has 6 rings (SSSR count). The van der Waals surface area contributed by atoms with E-state index in [1.807, 2.05) is 0 Å². The van der Waals surface area contributed by atoms with E-state index in [2.05, 4.69) is 170 Å². The predicted molar refractivity (Wildman–Crippen MR) is 176 cm³/mol. The van der Waals surface area contributed by atoms with Gasteiger partial charge in [-0.05, 0) is 64.1 Å². The highest BCUT2D eigenvalue weighted by atomic mass is 16.5. The smallest absolute Gasteiger partial charge is 0.118 e. The SMILES string of the molecule is COc1ccc(CC(c2ccccc2)(c2ccccc2)C(c2ccccc2)(c2ccccc2)c2ccc(OC)cc2)cc1. The Bertz CT molecular complexity index is 1630. The average molecular weight is 561 g/mol. The Balaban J connectivity index is 1.83. The summed E-state index contributed by atoms with van der Waals surface area (Å²) >= 11 is 0. The summed E-state index contributed by atoms with van der Waals surface area (Å²) in [5.74, 6) is 1.68. The summed E-state index contributed by atoms with van der Waals surface area (Å²) in [7, 11) is 3.44. The lowest BCUT2D eigenvalue weighted by molar-refractivity contribution is 0.352. The molecule has 43 heavy (non-hydrogen) atoms. The molecule has 2 nitrogen and oxygen atoms in total. The third-order valence-corrected chi connectivity index (χ3v) is 8.74. The standard InChI is InChI=1S/C41H36O2/c1-42-38-27-23-32(24-28-38)31-40(33-15-7-3-8-16-33,34-17-9-4-10-18-34)41(35-19-11-5-12-20-35,36-21-13-6-14-22-36)37-25-29-39(43-2)30-26-37/h3-30H,31H2,1-2H3. The van der Waals surface area contributed by atoms with Crippen molar-refractivity contribution in [1.82, 2.24) is 0 Å². The highest BCUT2D eigenvalue weighted by molar-refractivity contribution is 5.63. The number of hydrogen-bond acceptors (Lipinski definition) is 2. The molecule has 2 heteroatoms. The van der Waals surface area contributed by atoms with Crippen LogP contribution in [0.15, 0.2) is 170 Å². The van der Waals surface area contributed by atoms with E-state index < -0.39 is 10.8 Å². The van der Waals surface area contributed by atoms with Gasteiger partial charge in [0.05, 0.1) is 19.6 Å². The number of ether oxygens (including phenoxy) is 2. The Morgan fingerprint density at radius 2 is 0.698 bits per heavy atom. The van der Waals surface area contributed by atoms with Gasteiger partial charge in [-0.2, -0.15) is 0 Å². The summed E-state index contributed by atoms with van der Waals surface area (Å²) in [6.45, 7) is 0. The molecule has 0 aliphatic heterocycles. The van der Waals surface area contributed by atoms with Gasteiger partial charge in [-0.25, -0.2) is 0 Å². The molecular formula is C41H36O2. The van der Waals surface area contributed by atoms with Crippen LogP contribution in [-0.2, 0) is 17.3 Å². The first-order valence-electron chi connectivity index (χ1n) is 14.7. The first kappa shape index (κ1) is 28.1. The number of benzene rings is 6. The van der Waals surface area contributed by atoms with Gasteiger partial charge in [0.15, 0.2) is 0 Å². The lowest BCUT2D eigenvalue weighted by Crippen LogP contribution is -2.53. The predicted octanol–water partition coefficient (Wildman–Crippen LogP) is 9.27. The minimum Gasteiger partial charge on any atom is -0.497 e. The largest absolute Gasteiger partial charge is 0.497 e. The van der Waals surface area contributed by atoms with Gasteiger partial charge in [0.1, 0.15) is 11.5 Å². The van der Waals surface area contributed by atoms with E-state index in [0.717, 1.165) is 17.9 Å². The Morgan fingerprint density at radius 1 is 0.372 bits per heavy atom. The van der Waals surface area contributed by atoms with Gasteiger partial charge in [0.2, 0.25) is 0 Å². The first-order valence-corrected chi connectivity index (χ1v) is 14.7. The van der Waals surface area contributed by atoms with Crippen molar-refractivity contribution in [2.24, 2.45) is 0 Å². The third kappa shape index (κ3) is 5.00. The molecule has 0 aliphatic rings. The van der Waals surface area contributed by atoms with E-state index in [0.29, 0.717) is 0 Å². The van der Waals surface area contributed by atoms with E-state index in [1.165, 1.54) is 33.4 Å². The summed E-state index contributed by atoms with van der Waals surface area (Å²) in [5, 5.41) is 0. The molecule has 0 saturated heterocycles. The highest BCUT2D eigenvalue weighted by Crippen LogP contribution is 2.58. The van der Waals surface area contributed by atoms with Gasteiger partial charge in [0, 0.05) is 5.41 Å². The van der Waals surface area contributed by atoms with Gasteiger partial charge in [-0.1, -0.05) is 146 Å². The Kier molecular flexibility index (Phi) is 8.11. The highest BCUT2D eigenvalue weighted by Gasteiger charge is 2.56. The zero-order chi connectivity index (χ0) is 29.5. The van der Waals surface area contributed by atoms with Crippen LogP contribution in [0, 0.1) is 0 Å². The summed E-state index contributed by atoms with van der Waals surface area (Å²) in [5.41, 5.74) is 6.08. The quantitative estimate of drug-likeness (QED) is 0.156. The van der Waals surface area contributed by atoms with Crippen LogP contribution in [0.4, 0.5) is 0 Å². The number of methoxy groups -OCH3 is 2. The molecule has 0 unspecified atom stereocenters. The zero-order valence-corrected chi connectivity index (χ0v) is 24.7. The van der Waals surface area contributed by atoms with Crippen LogP contribution >= 0.6 is 0 Å². The molecule has 0 N–H and O–H groups in total. The second kappa shape index (κ2) is 12.4. The van der Waals surface area contributed by atoms with Crippen LogP contribution in [0.5, 0.6) is 11.5 Å². The van der Waals surface area contributed by atoms with Crippen molar-refractivity contribution >= 4 is 0 Å². The average Bonchev–Trinajstić information content (AvgIpc) is 3.10. The van der Waals surface area contributed by atoms with E-state index in [-0.39, 0.29) is 0 Å². The van der Waals surface area contributed by atoms with E-state index in [4.69, 9.17) is 9.47 Å².